The Hall–Kier alpha value is 3.64. The SMILES string of the molecule is ClC(Cl)(Cl)[SeH].[Ag].[GaH3].[InH3]. The van der Waals surface area contributed by atoms with Crippen molar-refractivity contribution in [3.05, 3.63) is 0 Å². The first-order valence-electron chi connectivity index (χ1n) is 0.791. The third-order valence-electron chi connectivity index (χ3n) is 0. The molecule has 0 unspecified atom stereocenters. The monoisotopic (exact) mass is 495 g/mol. The van der Waals surface area contributed by atoms with E-state index in [9.17, 15) is 0 Å². The van der Waals surface area contributed by atoms with Crippen LogP contribution < -0.4 is 0 Å². The van der Waals surface area contributed by atoms with E-state index < -0.39 is 2.69 Å². The third kappa shape index (κ3) is 54.4. The molecule has 55 valence electrons. The number of rotatable bonds is 0. The van der Waals surface area contributed by atoms with Gasteiger partial charge in [-0.2, -0.15) is 0 Å². The summed E-state index contributed by atoms with van der Waals surface area (Å²) < 4.78 is -1.15. The Morgan fingerprint density at radius 2 is 1.12 bits per heavy atom. The molecule has 0 saturated carbocycles. The van der Waals surface area contributed by atoms with E-state index in [4.69, 9.17) is 34.8 Å². The Balaban J connectivity index is -0.0000000267. The molecule has 0 nitrogen and oxygen atoms in total. The molecule has 0 bridgehead atoms. The van der Waals surface area contributed by atoms with Crippen LogP contribution in [0.1, 0.15) is 0 Å². The molecule has 0 aliphatic carbocycles. The Morgan fingerprint density at radius 3 is 1.12 bits per heavy atom. The molecule has 0 aromatic heterocycles. The maximum atomic E-state index is 5.03. The molecule has 0 N–H and O–H groups in total. The van der Waals surface area contributed by atoms with E-state index in [1.165, 1.54) is 0 Å². The van der Waals surface area contributed by atoms with E-state index in [1.54, 1.807) is 0 Å². The van der Waals surface area contributed by atoms with Crippen LogP contribution in [-0.4, -0.2) is 64.3 Å². The van der Waals surface area contributed by atoms with Crippen LogP contribution in [0.3, 0.4) is 0 Å². The molecule has 0 spiro atoms. The van der Waals surface area contributed by atoms with Crippen LogP contribution in [0.5, 0.6) is 0 Å². The first-order chi connectivity index (χ1) is 2.00. The topological polar surface area (TPSA) is 0 Å². The molecule has 7 heteroatoms. The van der Waals surface area contributed by atoms with Crippen molar-refractivity contribution in [2.24, 2.45) is 0 Å². The Morgan fingerprint density at radius 1 is 1.12 bits per heavy atom. The fourth-order valence-corrected chi connectivity index (χ4v) is 0. The summed E-state index contributed by atoms with van der Waals surface area (Å²) in [5.74, 6) is 0. The molecular weight excluding hydrogens is 490 g/mol. The average molecular weight is 497 g/mol. The van der Waals surface area contributed by atoms with Crippen molar-refractivity contribution < 1.29 is 22.4 Å². The summed E-state index contributed by atoms with van der Waals surface area (Å²) >= 11 is 17.0. The van der Waals surface area contributed by atoms with Crippen molar-refractivity contribution in [3.63, 3.8) is 0 Å². The van der Waals surface area contributed by atoms with Gasteiger partial charge in [-0.3, -0.25) is 0 Å². The summed E-state index contributed by atoms with van der Waals surface area (Å²) in [6.45, 7) is 0. The van der Waals surface area contributed by atoms with Gasteiger partial charge in [0.05, 0.1) is 0 Å². The normalized spacial score (nSPS) is 7.50. The average Bonchev–Trinajstić information content (AvgIpc) is 0.722. The van der Waals surface area contributed by atoms with Gasteiger partial charge >= 0.3 is 99.1 Å². The van der Waals surface area contributed by atoms with Gasteiger partial charge in [0.15, 0.2) is 0 Å². The van der Waals surface area contributed by atoms with Crippen molar-refractivity contribution >= 4 is 96.4 Å². The van der Waals surface area contributed by atoms with Crippen molar-refractivity contribution in [3.8, 4) is 0 Å². The van der Waals surface area contributed by atoms with Crippen LogP contribution in [0.25, 0.3) is 0 Å². The molecule has 0 aromatic rings. The van der Waals surface area contributed by atoms with E-state index in [2.05, 4.69) is 0 Å². The van der Waals surface area contributed by atoms with Crippen LogP contribution in [0.2, 0.25) is 0 Å². The van der Waals surface area contributed by atoms with Crippen LogP contribution in [-0.2, 0) is 22.4 Å². The van der Waals surface area contributed by atoms with Crippen molar-refractivity contribution in [2.75, 3.05) is 0 Å². The van der Waals surface area contributed by atoms with Gasteiger partial charge in [-0.15, -0.1) is 0 Å². The molecule has 0 aliphatic heterocycles. The zero-order valence-electron chi connectivity index (χ0n) is 2.38. The first kappa shape index (κ1) is 22.6. The van der Waals surface area contributed by atoms with Gasteiger partial charge < -0.3 is 0 Å². The second kappa shape index (κ2) is 10.6. The molecule has 0 rings (SSSR count). The molecule has 0 aromatic carbocycles. The molecule has 0 atom stereocenters. The summed E-state index contributed by atoms with van der Waals surface area (Å²) in [5.41, 5.74) is 0. The van der Waals surface area contributed by atoms with Gasteiger partial charge in [-0.05, 0) is 0 Å². The molecule has 0 heterocycles. The quantitative estimate of drug-likeness (QED) is 0.293. The summed E-state index contributed by atoms with van der Waals surface area (Å²) in [6.07, 6.45) is 0. The van der Waals surface area contributed by atoms with Gasteiger partial charge in [-0.1, -0.05) is 0 Å². The number of hydrogen-bond donors (Lipinski definition) is 0. The van der Waals surface area contributed by atoms with Gasteiger partial charge in [0, 0.05) is 22.4 Å². The minimum absolute atomic E-state index is 0. The maximum absolute atomic E-state index is 5.03. The van der Waals surface area contributed by atoms with Crippen LogP contribution in [0.15, 0.2) is 0 Å². The zero-order chi connectivity index (χ0) is 4.50. The predicted octanol–water partition coefficient (Wildman–Crippen LogP) is -1.16. The molecule has 8 heavy (non-hydrogen) atoms. The summed E-state index contributed by atoms with van der Waals surface area (Å²) in [7, 11) is 0. The van der Waals surface area contributed by atoms with Gasteiger partial charge in [0.2, 0.25) is 0 Å². The Bertz CT molecular complexity index is 34.8. The van der Waals surface area contributed by atoms with E-state index in [1.807, 2.05) is 16.0 Å². The van der Waals surface area contributed by atoms with Crippen molar-refractivity contribution in [2.45, 2.75) is 2.69 Å². The summed E-state index contributed by atoms with van der Waals surface area (Å²) in [6, 6.07) is 0. The van der Waals surface area contributed by atoms with Gasteiger partial charge in [0.25, 0.3) is 0 Å². The standard InChI is InChI=1S/CHCl3Se.Ag.Ga.In.6H/c2-1(3,4)5;;;;;;;;;/h5H;;;;;;;;;. The summed E-state index contributed by atoms with van der Waals surface area (Å²) in [4.78, 5) is 0. The Labute approximate surface area is 119 Å². The van der Waals surface area contributed by atoms with E-state index in [-0.39, 0.29) is 68.0 Å². The molecule has 0 fully saturated rings. The molecular formula is CH7AgCl3GaInSe. The second-order valence-corrected chi connectivity index (χ2v) is 5.88. The number of alkyl halides is 3. The molecule has 0 amide bonds. The Kier molecular flexibility index (Phi) is 30.0. The third-order valence-corrected chi connectivity index (χ3v) is 0. The second-order valence-electron chi connectivity index (χ2n) is 0.468. The number of halogens is 3. The van der Waals surface area contributed by atoms with Gasteiger partial charge in [-0.25, -0.2) is 0 Å². The van der Waals surface area contributed by atoms with Crippen molar-refractivity contribution in [1.29, 1.82) is 0 Å². The zero-order valence-corrected chi connectivity index (χ0v) is 8.01. The molecule has 0 aliphatic rings. The summed E-state index contributed by atoms with van der Waals surface area (Å²) in [5, 5.41) is 0. The molecule has 1 radical (unpaired) electrons. The van der Waals surface area contributed by atoms with E-state index >= 15 is 0 Å². The van der Waals surface area contributed by atoms with Crippen LogP contribution in [0, 0.1) is 0 Å². The van der Waals surface area contributed by atoms with Crippen molar-refractivity contribution in [1.82, 2.24) is 0 Å². The predicted molar refractivity (Wildman–Crippen MR) is 47.3 cm³/mol. The van der Waals surface area contributed by atoms with Crippen LogP contribution >= 0.6 is 34.8 Å². The fraction of sp³-hybridized carbons (Fsp3) is 1.00. The van der Waals surface area contributed by atoms with Gasteiger partial charge in [0.1, 0.15) is 0 Å². The fourth-order valence-electron chi connectivity index (χ4n) is 0. The minimum atomic E-state index is -1.15. The number of hydrogen-bond acceptors (Lipinski definition) is 0. The van der Waals surface area contributed by atoms with E-state index in [0.717, 1.165) is 0 Å². The van der Waals surface area contributed by atoms with Crippen LogP contribution in [0.4, 0.5) is 0 Å². The first-order valence-corrected chi connectivity index (χ1v) is 2.86. The molecule has 0 saturated heterocycles. The van der Waals surface area contributed by atoms with E-state index in [0.29, 0.717) is 0 Å².